The highest BCUT2D eigenvalue weighted by Gasteiger charge is 2.38. The van der Waals surface area contributed by atoms with Crippen LogP contribution in [0.15, 0.2) is 48.8 Å². The summed E-state index contributed by atoms with van der Waals surface area (Å²) < 4.78 is 69.4. The Bertz CT molecular complexity index is 1160. The number of hydrogen-bond acceptors (Lipinski definition) is 5. The number of alkyl halides is 6. The molecule has 3 aromatic rings. The molecule has 0 amide bonds. The molecular weight excluding hydrogens is 536 g/mol. The van der Waals surface area contributed by atoms with E-state index in [4.69, 9.17) is 24.5 Å². The maximum absolute atomic E-state index is 10.6. The van der Waals surface area contributed by atoms with E-state index < -0.39 is 24.3 Å². The number of aromatic nitrogens is 2. The molecule has 1 saturated carbocycles. The fourth-order valence-electron chi connectivity index (χ4n) is 3.54. The number of imidazole rings is 1. The Labute approximate surface area is 219 Å². The van der Waals surface area contributed by atoms with Gasteiger partial charge in [0.2, 0.25) is 0 Å². The number of rotatable bonds is 5. The van der Waals surface area contributed by atoms with E-state index in [0.29, 0.717) is 6.04 Å². The molecule has 1 aliphatic carbocycles. The van der Waals surface area contributed by atoms with Gasteiger partial charge in [-0.2, -0.15) is 26.3 Å². The molecule has 2 aromatic carbocycles. The molecule has 0 radical (unpaired) electrons. The van der Waals surface area contributed by atoms with Gasteiger partial charge >= 0.3 is 24.3 Å². The van der Waals surface area contributed by atoms with Gasteiger partial charge in [0.05, 0.1) is 17.4 Å². The van der Waals surface area contributed by atoms with E-state index in [0.717, 1.165) is 29.1 Å². The van der Waals surface area contributed by atoms with Crippen molar-refractivity contribution >= 4 is 23.0 Å². The molecule has 1 aromatic heterocycles. The molecule has 1 fully saturated rings. The smallest absolute Gasteiger partial charge is 0.475 e. The lowest BCUT2D eigenvalue weighted by Gasteiger charge is -2.16. The summed E-state index contributed by atoms with van der Waals surface area (Å²) in [6.45, 7) is 0.936. The maximum Gasteiger partial charge on any atom is 0.490 e. The SMILES string of the molecule is O=C(O)C(F)(F)F.O=C(O)C(F)(F)F.c1nc2ccc(Oc3ccc(CNC4CCCCCC4)cc3)cc2[nH]1. The highest BCUT2D eigenvalue weighted by atomic mass is 19.4. The summed E-state index contributed by atoms with van der Waals surface area (Å²) in [4.78, 5) is 25.1. The van der Waals surface area contributed by atoms with Crippen molar-refractivity contribution in [2.45, 2.75) is 63.5 Å². The fourth-order valence-corrected chi connectivity index (χ4v) is 3.54. The number of ether oxygens (including phenoxy) is 1. The quantitative estimate of drug-likeness (QED) is 0.208. The van der Waals surface area contributed by atoms with Gasteiger partial charge in [-0.1, -0.05) is 37.8 Å². The summed E-state index contributed by atoms with van der Waals surface area (Å²) in [5.74, 6) is -3.84. The topological polar surface area (TPSA) is 125 Å². The molecule has 0 bridgehead atoms. The second kappa shape index (κ2) is 14.4. The van der Waals surface area contributed by atoms with Gasteiger partial charge in [0.1, 0.15) is 11.5 Å². The van der Waals surface area contributed by atoms with E-state index in [9.17, 15) is 26.3 Å². The lowest BCUT2D eigenvalue weighted by Crippen LogP contribution is -2.27. The lowest BCUT2D eigenvalue weighted by molar-refractivity contribution is -0.193. The van der Waals surface area contributed by atoms with Crippen LogP contribution in [0.1, 0.15) is 44.1 Å². The number of carboxylic acids is 2. The largest absolute Gasteiger partial charge is 0.490 e. The van der Waals surface area contributed by atoms with Gasteiger partial charge in [0, 0.05) is 18.7 Å². The second-order valence-corrected chi connectivity index (χ2v) is 8.50. The molecule has 214 valence electrons. The fraction of sp³-hybridized carbons (Fsp3) is 0.400. The molecule has 14 heteroatoms. The van der Waals surface area contributed by atoms with Gasteiger partial charge in [-0.25, -0.2) is 14.6 Å². The first-order valence-electron chi connectivity index (χ1n) is 11.8. The number of fused-ring (bicyclic) bond motifs is 1. The Kier molecular flexibility index (Phi) is 11.6. The first-order valence-corrected chi connectivity index (χ1v) is 11.8. The van der Waals surface area contributed by atoms with Gasteiger partial charge in [-0.05, 0) is 42.7 Å². The van der Waals surface area contributed by atoms with E-state index in [-0.39, 0.29) is 0 Å². The van der Waals surface area contributed by atoms with Crippen molar-refractivity contribution in [2.24, 2.45) is 0 Å². The standard InChI is InChI=1S/C21H25N3O.2C2HF3O2/c1-2-4-6-17(5-3-1)22-14-16-7-9-18(10-8-16)25-19-11-12-20-21(13-19)24-15-23-20;2*3-2(4,5)1(6)7/h7-13,15,17,22H,1-6,14H2,(H,23,24);2*(H,6,7). The first kappa shape index (κ1) is 31.4. The van der Waals surface area contributed by atoms with Crippen LogP contribution < -0.4 is 10.1 Å². The van der Waals surface area contributed by atoms with Crippen molar-refractivity contribution in [3.63, 3.8) is 0 Å². The Balaban J connectivity index is 0.000000317. The molecule has 0 saturated heterocycles. The molecule has 4 rings (SSSR count). The molecule has 1 heterocycles. The van der Waals surface area contributed by atoms with Crippen LogP contribution >= 0.6 is 0 Å². The Morgan fingerprint density at radius 1 is 0.872 bits per heavy atom. The van der Waals surface area contributed by atoms with Crippen LogP contribution in [-0.4, -0.2) is 50.5 Å². The second-order valence-electron chi connectivity index (χ2n) is 8.50. The van der Waals surface area contributed by atoms with Crippen LogP contribution in [0.2, 0.25) is 0 Å². The van der Waals surface area contributed by atoms with Crippen LogP contribution in [0.5, 0.6) is 11.5 Å². The molecule has 8 nitrogen and oxygen atoms in total. The third kappa shape index (κ3) is 11.6. The molecule has 4 N–H and O–H groups in total. The Hall–Kier alpha value is -3.81. The van der Waals surface area contributed by atoms with Crippen molar-refractivity contribution in [3.05, 3.63) is 54.4 Å². The number of halogens is 6. The molecule has 1 aliphatic rings. The Morgan fingerprint density at radius 3 is 1.90 bits per heavy atom. The van der Waals surface area contributed by atoms with Crippen LogP contribution in [-0.2, 0) is 16.1 Å². The monoisotopic (exact) mass is 563 g/mol. The summed E-state index contributed by atoms with van der Waals surface area (Å²) in [7, 11) is 0. The number of H-pyrrole nitrogens is 1. The summed E-state index contributed by atoms with van der Waals surface area (Å²) in [6, 6.07) is 14.9. The van der Waals surface area contributed by atoms with Gasteiger partial charge in [0.15, 0.2) is 0 Å². The zero-order valence-corrected chi connectivity index (χ0v) is 20.5. The highest BCUT2D eigenvalue weighted by molar-refractivity contribution is 5.76. The number of aromatic amines is 1. The Morgan fingerprint density at radius 2 is 1.38 bits per heavy atom. The number of aliphatic carboxylic acids is 2. The third-order valence-electron chi connectivity index (χ3n) is 5.49. The van der Waals surface area contributed by atoms with Crippen molar-refractivity contribution < 1.29 is 50.9 Å². The van der Waals surface area contributed by atoms with E-state index in [2.05, 4.69) is 27.4 Å². The predicted octanol–water partition coefficient (Wildman–Crippen LogP) is 6.43. The van der Waals surface area contributed by atoms with Crippen LogP contribution in [0.3, 0.4) is 0 Å². The number of nitrogens with one attached hydrogen (secondary N) is 2. The number of nitrogens with zero attached hydrogens (tertiary/aromatic N) is 1. The molecule has 0 aliphatic heterocycles. The number of benzene rings is 2. The van der Waals surface area contributed by atoms with Crippen molar-refractivity contribution in [3.8, 4) is 11.5 Å². The minimum atomic E-state index is -5.08. The van der Waals surface area contributed by atoms with Crippen molar-refractivity contribution in [1.82, 2.24) is 15.3 Å². The van der Waals surface area contributed by atoms with Gasteiger partial charge < -0.3 is 25.3 Å². The van der Waals surface area contributed by atoms with E-state index in [1.807, 2.05) is 30.3 Å². The molecule has 0 spiro atoms. The summed E-state index contributed by atoms with van der Waals surface area (Å²) in [5, 5.41) is 18.0. The van der Waals surface area contributed by atoms with E-state index >= 15 is 0 Å². The van der Waals surface area contributed by atoms with E-state index in [1.54, 1.807) is 6.33 Å². The van der Waals surface area contributed by atoms with Gasteiger partial charge in [0.25, 0.3) is 0 Å². The first-order chi connectivity index (χ1) is 18.3. The third-order valence-corrected chi connectivity index (χ3v) is 5.49. The van der Waals surface area contributed by atoms with Crippen molar-refractivity contribution in [1.29, 1.82) is 0 Å². The number of carboxylic acid groups (broad SMARTS) is 2. The molecular formula is C25H27F6N3O5. The maximum atomic E-state index is 10.6. The average Bonchev–Trinajstić information content (AvgIpc) is 3.16. The highest BCUT2D eigenvalue weighted by Crippen LogP contribution is 2.25. The minimum absolute atomic E-state index is 0.680. The van der Waals surface area contributed by atoms with Crippen LogP contribution in [0.25, 0.3) is 11.0 Å². The van der Waals surface area contributed by atoms with Gasteiger partial charge in [-0.15, -0.1) is 0 Å². The summed E-state index contributed by atoms with van der Waals surface area (Å²) in [6.07, 6.45) is -0.307. The number of carbonyl (C=O) groups is 2. The zero-order valence-electron chi connectivity index (χ0n) is 20.5. The van der Waals surface area contributed by atoms with Crippen LogP contribution in [0, 0.1) is 0 Å². The molecule has 0 atom stereocenters. The zero-order chi connectivity index (χ0) is 29.1. The number of hydrogen-bond donors (Lipinski definition) is 4. The van der Waals surface area contributed by atoms with E-state index in [1.165, 1.54) is 44.1 Å². The van der Waals surface area contributed by atoms with Crippen LogP contribution in [0.4, 0.5) is 26.3 Å². The van der Waals surface area contributed by atoms with Crippen molar-refractivity contribution in [2.75, 3.05) is 0 Å². The normalized spacial score (nSPS) is 14.3. The minimum Gasteiger partial charge on any atom is -0.475 e. The summed E-state index contributed by atoms with van der Waals surface area (Å²) >= 11 is 0. The lowest BCUT2D eigenvalue weighted by atomic mass is 10.1. The summed E-state index contributed by atoms with van der Waals surface area (Å²) in [5.41, 5.74) is 3.25. The van der Waals surface area contributed by atoms with Gasteiger partial charge in [-0.3, -0.25) is 0 Å². The molecule has 39 heavy (non-hydrogen) atoms. The molecule has 0 unspecified atom stereocenters. The predicted molar refractivity (Wildman–Crippen MR) is 128 cm³/mol. The average molecular weight is 563 g/mol.